The van der Waals surface area contributed by atoms with Gasteiger partial charge in [0.05, 0.1) is 0 Å². The second-order valence-electron chi connectivity index (χ2n) is 5.27. The summed E-state index contributed by atoms with van der Waals surface area (Å²) in [6, 6.07) is 9.62. The molecule has 0 aromatic heterocycles. The van der Waals surface area contributed by atoms with Crippen molar-refractivity contribution in [3.63, 3.8) is 0 Å². The number of rotatable bonds is 4. The molecule has 1 aromatic rings. The van der Waals surface area contributed by atoms with Crippen molar-refractivity contribution in [3.05, 3.63) is 29.8 Å². The first-order valence-corrected chi connectivity index (χ1v) is 9.04. The van der Waals surface area contributed by atoms with E-state index in [1.54, 1.807) is 5.56 Å². The fourth-order valence-electron chi connectivity index (χ4n) is 3.09. The minimum absolute atomic E-state index is 0.741. The highest BCUT2D eigenvalue weighted by Gasteiger charge is 2.28. The highest BCUT2D eigenvalue weighted by molar-refractivity contribution is 8.00. The largest absolute Gasteiger partial charge is 0.312 e. The molecule has 0 saturated heterocycles. The van der Waals surface area contributed by atoms with Crippen LogP contribution in [-0.2, 0) is 6.42 Å². The molecule has 1 nitrogen and oxygen atoms in total. The van der Waals surface area contributed by atoms with Crippen LogP contribution in [-0.4, -0.2) is 29.3 Å². The van der Waals surface area contributed by atoms with Crippen LogP contribution in [0, 0.1) is 0 Å². The average molecular weight is 279 g/mol. The first-order chi connectivity index (χ1) is 8.86. The van der Waals surface area contributed by atoms with Gasteiger partial charge < -0.3 is 5.32 Å². The molecule has 0 bridgehead atoms. The van der Waals surface area contributed by atoms with E-state index in [0.29, 0.717) is 0 Å². The van der Waals surface area contributed by atoms with E-state index in [4.69, 9.17) is 0 Å². The fraction of sp³-hybridized carbons (Fsp3) is 0.600. The summed E-state index contributed by atoms with van der Waals surface area (Å²) in [6.07, 6.45) is 7.67. The minimum atomic E-state index is 0.741. The van der Waals surface area contributed by atoms with Gasteiger partial charge in [-0.15, -0.1) is 11.8 Å². The van der Waals surface area contributed by atoms with E-state index in [-0.39, 0.29) is 0 Å². The molecule has 18 heavy (non-hydrogen) atoms. The van der Waals surface area contributed by atoms with Gasteiger partial charge in [-0.05, 0) is 37.1 Å². The lowest BCUT2D eigenvalue weighted by atomic mass is 10.1. The third kappa shape index (κ3) is 2.73. The van der Waals surface area contributed by atoms with Crippen LogP contribution < -0.4 is 5.32 Å². The van der Waals surface area contributed by atoms with E-state index in [1.807, 2.05) is 11.8 Å². The Balaban J connectivity index is 1.51. The van der Waals surface area contributed by atoms with E-state index in [0.717, 1.165) is 16.5 Å². The topological polar surface area (TPSA) is 12.0 Å². The summed E-state index contributed by atoms with van der Waals surface area (Å²) in [5.41, 5.74) is 1.54. The van der Waals surface area contributed by atoms with Gasteiger partial charge in [-0.1, -0.05) is 24.6 Å². The van der Waals surface area contributed by atoms with Crippen molar-refractivity contribution in [2.75, 3.05) is 12.8 Å². The van der Waals surface area contributed by atoms with Gasteiger partial charge in [0.25, 0.3) is 0 Å². The standard InChI is InChI=1S/C15H21NS2/c1-17-15-8-4-6-13(15)16-10-12-9-11-5-2-3-7-14(11)18-12/h2-3,5,7,12-13,15-16H,4,6,8-10H2,1H3. The van der Waals surface area contributed by atoms with Gasteiger partial charge in [0.1, 0.15) is 0 Å². The van der Waals surface area contributed by atoms with Crippen molar-refractivity contribution in [2.24, 2.45) is 0 Å². The Hall–Kier alpha value is -0.120. The van der Waals surface area contributed by atoms with Crippen LogP contribution in [0.1, 0.15) is 24.8 Å². The molecule has 1 aromatic carbocycles. The Morgan fingerprint density at radius 2 is 2.22 bits per heavy atom. The van der Waals surface area contributed by atoms with Gasteiger partial charge in [-0.2, -0.15) is 11.8 Å². The molecule has 3 rings (SSSR count). The molecular formula is C15H21NS2. The van der Waals surface area contributed by atoms with E-state index in [1.165, 1.54) is 37.1 Å². The predicted octanol–water partition coefficient (Wildman–Crippen LogP) is 3.58. The predicted molar refractivity (Wildman–Crippen MR) is 82.7 cm³/mol. The maximum absolute atomic E-state index is 3.82. The molecule has 0 amide bonds. The molecule has 2 aliphatic rings. The minimum Gasteiger partial charge on any atom is -0.312 e. The van der Waals surface area contributed by atoms with Crippen molar-refractivity contribution in [3.8, 4) is 0 Å². The van der Waals surface area contributed by atoms with Gasteiger partial charge in [0, 0.05) is 28.0 Å². The molecular weight excluding hydrogens is 258 g/mol. The van der Waals surface area contributed by atoms with E-state index in [2.05, 4.69) is 47.6 Å². The summed E-state index contributed by atoms with van der Waals surface area (Å²) in [5.74, 6) is 0. The van der Waals surface area contributed by atoms with Gasteiger partial charge in [-0.3, -0.25) is 0 Å². The SMILES string of the molecule is CSC1CCCC1NCC1Cc2ccccc2S1. The van der Waals surface area contributed by atoms with Gasteiger partial charge in [0.2, 0.25) is 0 Å². The Labute approximate surface area is 119 Å². The molecule has 1 fully saturated rings. The molecule has 0 spiro atoms. The molecule has 3 heteroatoms. The highest BCUT2D eigenvalue weighted by Crippen LogP contribution is 2.37. The molecule has 3 atom stereocenters. The van der Waals surface area contributed by atoms with Gasteiger partial charge in [0.15, 0.2) is 0 Å². The number of benzene rings is 1. The maximum atomic E-state index is 3.82. The summed E-state index contributed by atoms with van der Waals surface area (Å²) in [4.78, 5) is 1.50. The average Bonchev–Trinajstić information content (AvgIpc) is 3.01. The molecule has 0 radical (unpaired) electrons. The Morgan fingerprint density at radius 1 is 1.33 bits per heavy atom. The van der Waals surface area contributed by atoms with Crippen LogP contribution in [0.25, 0.3) is 0 Å². The number of fused-ring (bicyclic) bond motifs is 1. The van der Waals surface area contributed by atoms with E-state index < -0.39 is 0 Å². The first kappa shape index (κ1) is 12.9. The van der Waals surface area contributed by atoms with Crippen LogP contribution >= 0.6 is 23.5 Å². The quantitative estimate of drug-likeness (QED) is 0.905. The zero-order chi connectivity index (χ0) is 12.4. The number of hydrogen-bond donors (Lipinski definition) is 1. The molecule has 1 N–H and O–H groups in total. The summed E-state index contributed by atoms with van der Waals surface area (Å²) in [5, 5.41) is 5.41. The molecule has 3 unspecified atom stereocenters. The zero-order valence-electron chi connectivity index (χ0n) is 10.9. The molecule has 1 aliphatic heterocycles. The Bertz CT molecular complexity index is 382. The lowest BCUT2D eigenvalue weighted by Gasteiger charge is -2.21. The second kappa shape index (κ2) is 5.89. The Morgan fingerprint density at radius 3 is 3.06 bits per heavy atom. The van der Waals surface area contributed by atoms with Gasteiger partial charge >= 0.3 is 0 Å². The fourth-order valence-corrected chi connectivity index (χ4v) is 5.32. The smallest absolute Gasteiger partial charge is 0.0260 e. The van der Waals surface area contributed by atoms with Gasteiger partial charge in [-0.25, -0.2) is 0 Å². The van der Waals surface area contributed by atoms with Crippen LogP contribution in [0.2, 0.25) is 0 Å². The lowest BCUT2D eigenvalue weighted by molar-refractivity contribution is 0.529. The lowest BCUT2D eigenvalue weighted by Crippen LogP contribution is -2.38. The summed E-state index contributed by atoms with van der Waals surface area (Å²) in [6.45, 7) is 1.17. The summed E-state index contributed by atoms with van der Waals surface area (Å²) < 4.78 is 0. The second-order valence-corrected chi connectivity index (χ2v) is 7.69. The molecule has 1 aliphatic carbocycles. The number of nitrogens with one attached hydrogen (secondary N) is 1. The van der Waals surface area contributed by atoms with Crippen LogP contribution in [0.5, 0.6) is 0 Å². The zero-order valence-corrected chi connectivity index (χ0v) is 12.5. The summed E-state index contributed by atoms with van der Waals surface area (Å²) >= 11 is 4.10. The molecule has 98 valence electrons. The highest BCUT2D eigenvalue weighted by atomic mass is 32.2. The number of hydrogen-bond acceptors (Lipinski definition) is 3. The molecule has 1 heterocycles. The van der Waals surface area contributed by atoms with Crippen molar-refractivity contribution < 1.29 is 0 Å². The van der Waals surface area contributed by atoms with Crippen LogP contribution in [0.4, 0.5) is 0 Å². The third-order valence-electron chi connectivity index (χ3n) is 4.08. The van der Waals surface area contributed by atoms with Crippen molar-refractivity contribution >= 4 is 23.5 Å². The first-order valence-electron chi connectivity index (χ1n) is 6.87. The molecule has 1 saturated carbocycles. The Kier molecular flexibility index (Phi) is 4.22. The van der Waals surface area contributed by atoms with Crippen LogP contribution in [0.15, 0.2) is 29.2 Å². The van der Waals surface area contributed by atoms with Crippen molar-refractivity contribution in [1.29, 1.82) is 0 Å². The normalized spacial score (nSPS) is 30.6. The van der Waals surface area contributed by atoms with Crippen molar-refractivity contribution in [2.45, 2.75) is 47.1 Å². The van der Waals surface area contributed by atoms with E-state index >= 15 is 0 Å². The maximum Gasteiger partial charge on any atom is 0.0260 e. The van der Waals surface area contributed by atoms with Crippen LogP contribution in [0.3, 0.4) is 0 Å². The van der Waals surface area contributed by atoms with Crippen molar-refractivity contribution in [1.82, 2.24) is 5.32 Å². The van der Waals surface area contributed by atoms with E-state index in [9.17, 15) is 0 Å². The monoisotopic (exact) mass is 279 g/mol. The third-order valence-corrected chi connectivity index (χ3v) is 6.57. The summed E-state index contributed by atoms with van der Waals surface area (Å²) in [7, 11) is 0. The number of thioether (sulfide) groups is 2.